The Morgan fingerprint density at radius 3 is 2.26 bits per heavy atom. The van der Waals surface area contributed by atoms with Crippen LogP contribution in [0.25, 0.3) is 44.8 Å². The number of allylic oxidation sites excluding steroid dienone is 5. The third kappa shape index (κ3) is 3.38. The molecule has 0 N–H and O–H groups in total. The number of rotatable bonds is 5. The van der Waals surface area contributed by atoms with Crippen LogP contribution in [0.5, 0.6) is 0 Å². The van der Waals surface area contributed by atoms with E-state index < -0.39 is 0 Å². The van der Waals surface area contributed by atoms with Gasteiger partial charge in [-0.25, -0.2) is 0 Å². The highest BCUT2D eigenvalue weighted by molar-refractivity contribution is 6.03. The first kappa shape index (κ1) is 22.9. The number of benzene rings is 3. The third-order valence-corrected chi connectivity index (χ3v) is 7.67. The van der Waals surface area contributed by atoms with Gasteiger partial charge < -0.3 is 4.57 Å². The fraction of sp³-hybridized carbons (Fsp3) is 0.176. The Balaban J connectivity index is 1.68. The van der Waals surface area contributed by atoms with Crippen LogP contribution in [0.4, 0.5) is 0 Å². The Labute approximate surface area is 209 Å². The monoisotopic (exact) mass is 455 g/mol. The van der Waals surface area contributed by atoms with Crippen molar-refractivity contribution < 1.29 is 0 Å². The average Bonchev–Trinajstić information content (AvgIpc) is 3.26. The average molecular weight is 456 g/mol. The normalized spacial score (nSPS) is 14.7. The Hall–Kier alpha value is -3.84. The van der Waals surface area contributed by atoms with E-state index >= 15 is 0 Å². The maximum Gasteiger partial charge on any atom is 0.0495 e. The van der Waals surface area contributed by atoms with Crippen molar-refractivity contribution in [2.75, 3.05) is 0 Å². The lowest BCUT2D eigenvalue weighted by atomic mass is 9.80. The van der Waals surface area contributed by atoms with Gasteiger partial charge in [0.15, 0.2) is 0 Å². The van der Waals surface area contributed by atoms with Gasteiger partial charge in [-0.15, -0.1) is 0 Å². The zero-order valence-corrected chi connectivity index (χ0v) is 21.4. The highest BCUT2D eigenvalue weighted by atomic mass is 14.9. The van der Waals surface area contributed by atoms with Crippen molar-refractivity contribution in [3.8, 4) is 22.3 Å². The Bertz CT molecular complexity index is 1570. The van der Waals surface area contributed by atoms with E-state index in [0.29, 0.717) is 0 Å². The van der Waals surface area contributed by atoms with Gasteiger partial charge in [0.1, 0.15) is 0 Å². The van der Waals surface area contributed by atoms with E-state index in [1.807, 2.05) is 12.2 Å². The lowest BCUT2D eigenvalue weighted by Crippen LogP contribution is -2.16. The zero-order chi connectivity index (χ0) is 24.9. The first-order valence-corrected chi connectivity index (χ1v) is 12.3. The molecule has 0 amide bonds. The summed E-state index contributed by atoms with van der Waals surface area (Å²) in [5.41, 5.74) is 13.8. The van der Waals surface area contributed by atoms with Crippen LogP contribution in [0.1, 0.15) is 43.2 Å². The summed E-state index contributed by atoms with van der Waals surface area (Å²) < 4.78 is 2.27. The van der Waals surface area contributed by atoms with Crippen LogP contribution in [0.2, 0.25) is 0 Å². The molecule has 1 heteroatoms. The number of aryl methyl sites for hydroxylation is 2. The molecule has 0 spiro atoms. The van der Waals surface area contributed by atoms with Crippen molar-refractivity contribution in [2.24, 2.45) is 7.05 Å². The van der Waals surface area contributed by atoms with E-state index in [9.17, 15) is 0 Å². The molecule has 0 radical (unpaired) electrons. The molecule has 0 bridgehead atoms. The van der Waals surface area contributed by atoms with E-state index in [1.165, 1.54) is 61.0 Å². The molecule has 1 aliphatic carbocycles. The number of fused-ring (bicyclic) bond motifs is 2. The molecule has 1 aromatic heterocycles. The van der Waals surface area contributed by atoms with Gasteiger partial charge in [-0.1, -0.05) is 93.8 Å². The molecule has 0 atom stereocenters. The summed E-state index contributed by atoms with van der Waals surface area (Å²) in [6.07, 6.45) is 8.34. The summed E-state index contributed by atoms with van der Waals surface area (Å²) in [6, 6.07) is 22.3. The molecule has 5 rings (SSSR count). The van der Waals surface area contributed by atoms with Crippen LogP contribution in [0.15, 0.2) is 97.6 Å². The molecule has 3 aromatic carbocycles. The first-order valence-electron chi connectivity index (χ1n) is 12.3. The van der Waals surface area contributed by atoms with E-state index in [2.05, 4.69) is 125 Å². The summed E-state index contributed by atoms with van der Waals surface area (Å²) >= 11 is 0. The van der Waals surface area contributed by atoms with Crippen LogP contribution in [-0.2, 0) is 12.5 Å². The molecule has 1 aliphatic rings. The van der Waals surface area contributed by atoms with Gasteiger partial charge in [0.2, 0.25) is 0 Å². The van der Waals surface area contributed by atoms with Crippen LogP contribution in [0, 0.1) is 6.92 Å². The number of aromatic nitrogens is 1. The second-order valence-electron chi connectivity index (χ2n) is 9.99. The Morgan fingerprint density at radius 1 is 0.857 bits per heavy atom. The fourth-order valence-corrected chi connectivity index (χ4v) is 5.80. The van der Waals surface area contributed by atoms with Crippen LogP contribution >= 0.6 is 0 Å². The minimum atomic E-state index is -0.0650. The SMILES string of the molecule is C=CC1=C(/C=C\C)C(C)(C)c2cc(-c3ccc4c(-c5ccccc5C)c(C=C)n(C)c4c3)ccc21. The maximum atomic E-state index is 4.14. The van der Waals surface area contributed by atoms with E-state index in [0.717, 1.165) is 5.69 Å². The van der Waals surface area contributed by atoms with Gasteiger partial charge in [-0.05, 0) is 76.6 Å². The molecule has 1 nitrogen and oxygen atoms in total. The van der Waals surface area contributed by atoms with Gasteiger partial charge >= 0.3 is 0 Å². The van der Waals surface area contributed by atoms with Crippen molar-refractivity contribution in [1.82, 2.24) is 4.57 Å². The van der Waals surface area contributed by atoms with Crippen LogP contribution in [-0.4, -0.2) is 4.57 Å². The molecule has 0 saturated heterocycles. The largest absolute Gasteiger partial charge is 0.344 e. The first-order chi connectivity index (χ1) is 16.8. The summed E-state index contributed by atoms with van der Waals surface area (Å²) in [7, 11) is 2.14. The number of hydrogen-bond donors (Lipinski definition) is 0. The summed E-state index contributed by atoms with van der Waals surface area (Å²) in [5.74, 6) is 0. The van der Waals surface area contributed by atoms with Crippen molar-refractivity contribution in [1.29, 1.82) is 0 Å². The van der Waals surface area contributed by atoms with Crippen molar-refractivity contribution in [2.45, 2.75) is 33.1 Å². The van der Waals surface area contributed by atoms with Gasteiger partial charge in [0.05, 0.1) is 0 Å². The molecule has 0 aliphatic heterocycles. The predicted octanol–water partition coefficient (Wildman–Crippen LogP) is 9.27. The molecule has 35 heavy (non-hydrogen) atoms. The molecule has 0 fully saturated rings. The smallest absolute Gasteiger partial charge is 0.0495 e. The van der Waals surface area contributed by atoms with Crippen LogP contribution < -0.4 is 0 Å². The number of hydrogen-bond acceptors (Lipinski definition) is 0. The molecule has 1 heterocycles. The van der Waals surface area contributed by atoms with Crippen molar-refractivity contribution in [3.05, 3.63) is 120 Å². The maximum absolute atomic E-state index is 4.14. The third-order valence-electron chi connectivity index (χ3n) is 7.67. The molecule has 4 aromatic rings. The van der Waals surface area contributed by atoms with Crippen LogP contribution in [0.3, 0.4) is 0 Å². The van der Waals surface area contributed by atoms with Gasteiger partial charge in [-0.3, -0.25) is 0 Å². The molecule has 0 saturated carbocycles. The standard InChI is InChI=1S/C34H33N/c1-8-13-29-25(9-2)27-18-16-23(20-30(27)34(29,5)6)24-17-19-28-32(21-24)35(7)31(10-3)33(28)26-15-12-11-14-22(26)4/h8-21H,2-3H2,1,4-7H3/b13-8-. The lowest BCUT2D eigenvalue weighted by molar-refractivity contribution is 0.654. The number of nitrogens with zero attached hydrogens (tertiary/aromatic N) is 1. The summed E-state index contributed by atoms with van der Waals surface area (Å²) in [6.45, 7) is 17.1. The van der Waals surface area contributed by atoms with Gasteiger partial charge in [-0.2, -0.15) is 0 Å². The Morgan fingerprint density at radius 2 is 1.57 bits per heavy atom. The van der Waals surface area contributed by atoms with Gasteiger partial charge in [0.25, 0.3) is 0 Å². The fourth-order valence-electron chi connectivity index (χ4n) is 5.80. The quantitative estimate of drug-likeness (QED) is 0.282. The van der Waals surface area contributed by atoms with Crippen molar-refractivity contribution in [3.63, 3.8) is 0 Å². The minimum absolute atomic E-state index is 0.0650. The summed E-state index contributed by atoms with van der Waals surface area (Å²) in [5, 5.41) is 1.26. The highest BCUT2D eigenvalue weighted by Gasteiger charge is 2.35. The van der Waals surface area contributed by atoms with E-state index in [4.69, 9.17) is 0 Å². The minimum Gasteiger partial charge on any atom is -0.344 e. The highest BCUT2D eigenvalue weighted by Crippen LogP contribution is 2.48. The summed E-state index contributed by atoms with van der Waals surface area (Å²) in [4.78, 5) is 0. The van der Waals surface area contributed by atoms with E-state index in [-0.39, 0.29) is 5.41 Å². The van der Waals surface area contributed by atoms with Crippen molar-refractivity contribution >= 4 is 22.6 Å². The zero-order valence-electron chi connectivity index (χ0n) is 21.4. The Kier molecular flexibility index (Phi) is 5.52. The predicted molar refractivity (Wildman–Crippen MR) is 154 cm³/mol. The second kappa shape index (κ2) is 8.43. The lowest BCUT2D eigenvalue weighted by Gasteiger charge is -2.23. The van der Waals surface area contributed by atoms with Gasteiger partial charge in [0, 0.05) is 34.6 Å². The molecular weight excluding hydrogens is 422 g/mol. The second-order valence-corrected chi connectivity index (χ2v) is 9.99. The molecule has 0 unspecified atom stereocenters. The molecular formula is C34H33N. The van der Waals surface area contributed by atoms with E-state index in [1.54, 1.807) is 0 Å². The molecule has 174 valence electrons. The topological polar surface area (TPSA) is 4.93 Å².